The van der Waals surface area contributed by atoms with Gasteiger partial charge in [-0.05, 0) is 42.9 Å². The Kier molecular flexibility index (Phi) is 3.97. The van der Waals surface area contributed by atoms with Crippen LogP contribution in [0.4, 0.5) is 4.39 Å². The molecular weight excluding hydrogens is 257 g/mol. The number of halogens is 2. The van der Waals surface area contributed by atoms with Crippen molar-refractivity contribution in [1.82, 2.24) is 4.98 Å². The molecule has 1 heterocycles. The number of rotatable bonds is 3. The number of aromatic nitrogens is 1. The smallest absolute Gasteiger partial charge is 0.303 e. The zero-order valence-electron chi connectivity index (χ0n) is 9.70. The van der Waals surface area contributed by atoms with Gasteiger partial charge >= 0.3 is 5.97 Å². The van der Waals surface area contributed by atoms with E-state index < -0.39 is 11.8 Å². The number of carbonyl (C=O) groups is 1. The quantitative estimate of drug-likeness (QED) is 0.854. The lowest BCUT2D eigenvalue weighted by Gasteiger charge is -2.20. The molecule has 0 saturated carbocycles. The third kappa shape index (κ3) is 3.07. The van der Waals surface area contributed by atoms with Crippen LogP contribution in [0.25, 0.3) is 5.57 Å². The minimum absolute atomic E-state index is 0.124. The molecule has 5 heteroatoms. The average molecular weight is 270 g/mol. The van der Waals surface area contributed by atoms with Crippen molar-refractivity contribution in [3.63, 3.8) is 0 Å². The van der Waals surface area contributed by atoms with E-state index in [9.17, 15) is 9.18 Å². The summed E-state index contributed by atoms with van der Waals surface area (Å²) in [6, 6.07) is 2.90. The summed E-state index contributed by atoms with van der Waals surface area (Å²) >= 11 is 5.64. The van der Waals surface area contributed by atoms with Crippen LogP contribution in [0.3, 0.4) is 0 Å². The summed E-state index contributed by atoms with van der Waals surface area (Å²) < 4.78 is 13.0. The van der Waals surface area contributed by atoms with E-state index in [1.165, 1.54) is 6.07 Å². The largest absolute Gasteiger partial charge is 0.481 e. The molecule has 3 nitrogen and oxygen atoms in total. The molecule has 1 aromatic rings. The number of carboxylic acids is 1. The molecule has 1 aliphatic carbocycles. The number of hydrogen-bond acceptors (Lipinski definition) is 2. The summed E-state index contributed by atoms with van der Waals surface area (Å²) in [5.74, 6) is -1.11. The third-order valence-electron chi connectivity index (χ3n) is 3.12. The Morgan fingerprint density at radius 1 is 1.56 bits per heavy atom. The lowest BCUT2D eigenvalue weighted by molar-refractivity contribution is -0.138. The Morgan fingerprint density at radius 3 is 2.89 bits per heavy atom. The van der Waals surface area contributed by atoms with Crippen molar-refractivity contribution in [1.29, 1.82) is 0 Å². The molecular formula is C13H13ClFNO2. The maximum absolute atomic E-state index is 13.0. The maximum atomic E-state index is 13.0. The number of pyridine rings is 1. The highest BCUT2D eigenvalue weighted by atomic mass is 35.5. The van der Waals surface area contributed by atoms with Gasteiger partial charge in [0.2, 0.25) is 0 Å². The minimum Gasteiger partial charge on any atom is -0.481 e. The summed E-state index contributed by atoms with van der Waals surface area (Å²) in [7, 11) is 0. The zero-order chi connectivity index (χ0) is 13.1. The fourth-order valence-corrected chi connectivity index (χ4v) is 2.30. The first-order chi connectivity index (χ1) is 8.56. The highest BCUT2D eigenvalue weighted by Crippen LogP contribution is 2.31. The molecule has 0 aliphatic heterocycles. The molecule has 0 bridgehead atoms. The van der Waals surface area contributed by atoms with Gasteiger partial charge in [0.15, 0.2) is 11.0 Å². The van der Waals surface area contributed by atoms with Crippen LogP contribution in [-0.4, -0.2) is 16.1 Å². The Bertz CT molecular complexity index is 502. The number of nitrogens with zero attached hydrogens (tertiary/aromatic N) is 1. The van der Waals surface area contributed by atoms with E-state index in [1.54, 1.807) is 6.07 Å². The van der Waals surface area contributed by atoms with Crippen LogP contribution in [0.1, 0.15) is 31.4 Å². The van der Waals surface area contributed by atoms with Gasteiger partial charge < -0.3 is 5.11 Å². The predicted octanol–water partition coefficient (Wildman–Crippen LogP) is 3.53. The number of allylic oxidation sites excluding steroid dienone is 2. The Hall–Kier alpha value is -1.42. The van der Waals surface area contributed by atoms with Gasteiger partial charge in [0, 0.05) is 6.42 Å². The molecule has 96 valence electrons. The van der Waals surface area contributed by atoms with Gasteiger partial charge in [0.25, 0.3) is 0 Å². The van der Waals surface area contributed by atoms with Crippen molar-refractivity contribution in [2.24, 2.45) is 5.92 Å². The summed E-state index contributed by atoms with van der Waals surface area (Å²) in [6.45, 7) is 0. The molecule has 0 aromatic carbocycles. The highest BCUT2D eigenvalue weighted by Gasteiger charge is 2.19. The standard InChI is InChI=1S/C13H13ClFNO2/c14-13-10(15)5-6-11(16-13)9-3-1-8(2-4-9)7-12(17)18/h3,5-6,8H,1-2,4,7H2,(H,17,18). The third-order valence-corrected chi connectivity index (χ3v) is 3.38. The summed E-state index contributed by atoms with van der Waals surface area (Å²) in [6.07, 6.45) is 4.47. The lowest BCUT2D eigenvalue weighted by Crippen LogP contribution is -2.11. The van der Waals surface area contributed by atoms with Crippen LogP contribution in [0.15, 0.2) is 18.2 Å². The number of hydrogen-bond donors (Lipinski definition) is 1. The zero-order valence-corrected chi connectivity index (χ0v) is 10.5. The summed E-state index contributed by atoms with van der Waals surface area (Å²) in [4.78, 5) is 14.6. The Labute approximate surface area is 109 Å². The van der Waals surface area contributed by atoms with E-state index in [0.717, 1.165) is 24.8 Å². The van der Waals surface area contributed by atoms with Crippen molar-refractivity contribution in [2.45, 2.75) is 25.7 Å². The number of carboxylic acid groups (broad SMARTS) is 1. The molecule has 0 amide bonds. The Balaban J connectivity index is 2.09. The second kappa shape index (κ2) is 5.48. The predicted molar refractivity (Wildman–Crippen MR) is 66.8 cm³/mol. The summed E-state index contributed by atoms with van der Waals surface area (Å²) in [5, 5.41) is 8.60. The monoisotopic (exact) mass is 269 g/mol. The van der Waals surface area contributed by atoms with E-state index in [0.29, 0.717) is 5.69 Å². The second-order valence-corrected chi connectivity index (χ2v) is 4.79. The fraction of sp³-hybridized carbons (Fsp3) is 0.385. The maximum Gasteiger partial charge on any atom is 0.303 e. The molecule has 0 radical (unpaired) electrons. The van der Waals surface area contributed by atoms with Crippen LogP contribution in [0, 0.1) is 11.7 Å². The lowest BCUT2D eigenvalue weighted by atomic mass is 9.86. The van der Waals surface area contributed by atoms with Gasteiger partial charge in [-0.25, -0.2) is 9.37 Å². The second-order valence-electron chi connectivity index (χ2n) is 4.44. The molecule has 1 N–H and O–H groups in total. The van der Waals surface area contributed by atoms with Crippen molar-refractivity contribution in [3.8, 4) is 0 Å². The molecule has 1 unspecified atom stereocenters. The normalized spacial score (nSPS) is 19.4. The first-order valence-electron chi connectivity index (χ1n) is 5.79. The van der Waals surface area contributed by atoms with Gasteiger partial charge in [0.05, 0.1) is 5.69 Å². The van der Waals surface area contributed by atoms with Gasteiger partial charge in [-0.1, -0.05) is 17.7 Å². The molecule has 18 heavy (non-hydrogen) atoms. The van der Waals surface area contributed by atoms with E-state index in [4.69, 9.17) is 16.7 Å². The molecule has 0 spiro atoms. The SMILES string of the molecule is O=C(O)CC1CC=C(c2ccc(F)c(Cl)n2)CC1. The van der Waals surface area contributed by atoms with Crippen LogP contribution < -0.4 is 0 Å². The van der Waals surface area contributed by atoms with E-state index >= 15 is 0 Å². The van der Waals surface area contributed by atoms with Gasteiger partial charge in [-0.2, -0.15) is 0 Å². The first-order valence-corrected chi connectivity index (χ1v) is 6.17. The molecule has 0 fully saturated rings. The van der Waals surface area contributed by atoms with Crippen molar-refractivity contribution >= 4 is 23.1 Å². The molecule has 0 saturated heterocycles. The van der Waals surface area contributed by atoms with Crippen LogP contribution in [0.5, 0.6) is 0 Å². The minimum atomic E-state index is -0.764. The molecule has 1 aliphatic rings. The van der Waals surface area contributed by atoms with Crippen molar-refractivity contribution < 1.29 is 14.3 Å². The van der Waals surface area contributed by atoms with Crippen LogP contribution in [0.2, 0.25) is 5.15 Å². The van der Waals surface area contributed by atoms with E-state index in [-0.39, 0.29) is 17.5 Å². The molecule has 1 atom stereocenters. The average Bonchev–Trinajstić information content (AvgIpc) is 2.33. The first kappa shape index (κ1) is 13.0. The van der Waals surface area contributed by atoms with Gasteiger partial charge in [0.1, 0.15) is 0 Å². The van der Waals surface area contributed by atoms with E-state index in [2.05, 4.69) is 4.98 Å². The Morgan fingerprint density at radius 2 is 2.33 bits per heavy atom. The van der Waals surface area contributed by atoms with Crippen molar-refractivity contribution in [2.75, 3.05) is 0 Å². The number of aliphatic carboxylic acids is 1. The highest BCUT2D eigenvalue weighted by molar-refractivity contribution is 6.29. The fourth-order valence-electron chi connectivity index (χ4n) is 2.15. The van der Waals surface area contributed by atoms with Crippen LogP contribution >= 0.6 is 11.6 Å². The van der Waals surface area contributed by atoms with Crippen molar-refractivity contribution in [3.05, 3.63) is 34.9 Å². The van der Waals surface area contributed by atoms with Crippen LogP contribution in [-0.2, 0) is 4.79 Å². The summed E-state index contributed by atoms with van der Waals surface area (Å²) in [5.41, 5.74) is 1.69. The topological polar surface area (TPSA) is 50.2 Å². The van der Waals surface area contributed by atoms with Gasteiger partial charge in [-0.15, -0.1) is 0 Å². The van der Waals surface area contributed by atoms with E-state index in [1.807, 2.05) is 6.08 Å². The molecule has 1 aromatic heterocycles. The molecule has 2 rings (SSSR count). The van der Waals surface area contributed by atoms with Gasteiger partial charge in [-0.3, -0.25) is 4.79 Å².